The number of methoxy groups -OCH3 is 1. The predicted molar refractivity (Wildman–Crippen MR) is 112 cm³/mol. The quantitative estimate of drug-likeness (QED) is 0.363. The van der Waals surface area contributed by atoms with E-state index in [-0.39, 0.29) is 5.91 Å². The molecule has 1 heterocycles. The summed E-state index contributed by atoms with van der Waals surface area (Å²) in [7, 11) is 1.66. The van der Waals surface area contributed by atoms with Gasteiger partial charge < -0.3 is 24.6 Å². The Kier molecular flexibility index (Phi) is 10.1. The second-order valence-electron chi connectivity index (χ2n) is 6.56. The summed E-state index contributed by atoms with van der Waals surface area (Å²) in [5.41, 5.74) is 1.08. The summed E-state index contributed by atoms with van der Waals surface area (Å²) in [5, 5.41) is 3.99. The number of guanidine groups is 1. The van der Waals surface area contributed by atoms with Crippen molar-refractivity contribution >= 4 is 23.5 Å². The first-order valence-electron chi connectivity index (χ1n) is 9.76. The number of carbonyl (C=O) groups is 1. The third-order valence-electron chi connectivity index (χ3n) is 4.38. The first-order valence-corrected chi connectivity index (χ1v) is 10.1. The van der Waals surface area contributed by atoms with E-state index in [0.29, 0.717) is 51.0 Å². The van der Waals surface area contributed by atoms with Crippen molar-refractivity contribution in [3.63, 3.8) is 0 Å². The predicted octanol–water partition coefficient (Wildman–Crippen LogP) is 2.00. The summed E-state index contributed by atoms with van der Waals surface area (Å²) >= 11 is 5.93. The molecule has 0 saturated carbocycles. The molecular weight excluding hydrogens is 380 g/mol. The Balaban J connectivity index is 1.81. The zero-order valence-electron chi connectivity index (χ0n) is 16.8. The maximum absolute atomic E-state index is 12.6. The molecule has 2 rings (SSSR count). The number of amides is 1. The number of carbonyl (C=O) groups excluding carboxylic acids is 1. The van der Waals surface area contributed by atoms with Crippen molar-refractivity contribution in [3.8, 4) is 0 Å². The number of hydrogen-bond donors (Lipinski definition) is 1. The number of halogens is 1. The highest BCUT2D eigenvalue weighted by Gasteiger charge is 2.25. The lowest BCUT2D eigenvalue weighted by atomic mass is 10.2. The van der Waals surface area contributed by atoms with E-state index in [0.717, 1.165) is 31.0 Å². The van der Waals surface area contributed by atoms with Gasteiger partial charge in [-0.3, -0.25) is 9.79 Å². The zero-order valence-corrected chi connectivity index (χ0v) is 17.6. The average molecular weight is 411 g/mol. The second kappa shape index (κ2) is 12.6. The Morgan fingerprint density at radius 1 is 1.21 bits per heavy atom. The summed E-state index contributed by atoms with van der Waals surface area (Å²) < 4.78 is 10.4. The summed E-state index contributed by atoms with van der Waals surface area (Å²) in [6.45, 7) is 7.69. The van der Waals surface area contributed by atoms with Gasteiger partial charge in [0, 0.05) is 51.5 Å². The fourth-order valence-corrected chi connectivity index (χ4v) is 3.01. The molecule has 0 radical (unpaired) electrons. The molecule has 0 spiro atoms. The van der Waals surface area contributed by atoms with Crippen LogP contribution < -0.4 is 5.32 Å². The third kappa shape index (κ3) is 7.66. The summed E-state index contributed by atoms with van der Waals surface area (Å²) in [4.78, 5) is 21.2. The molecule has 0 atom stereocenters. The Morgan fingerprint density at radius 3 is 2.68 bits per heavy atom. The van der Waals surface area contributed by atoms with Gasteiger partial charge in [-0.2, -0.15) is 0 Å². The summed E-state index contributed by atoms with van der Waals surface area (Å²) in [6.07, 6.45) is 0.836. The molecular formula is C20H31ClN4O3. The van der Waals surface area contributed by atoms with E-state index < -0.39 is 0 Å². The van der Waals surface area contributed by atoms with E-state index in [2.05, 4.69) is 10.3 Å². The normalized spacial score (nSPS) is 15.2. The molecule has 1 aliphatic rings. The molecule has 0 unspecified atom stereocenters. The van der Waals surface area contributed by atoms with E-state index in [1.165, 1.54) is 0 Å². The van der Waals surface area contributed by atoms with E-state index in [4.69, 9.17) is 21.1 Å². The van der Waals surface area contributed by atoms with Gasteiger partial charge in [-0.05, 0) is 31.0 Å². The largest absolute Gasteiger partial charge is 0.382 e. The molecule has 7 nitrogen and oxygen atoms in total. The van der Waals surface area contributed by atoms with Gasteiger partial charge in [0.15, 0.2) is 5.96 Å². The molecule has 1 saturated heterocycles. The number of piperazine rings is 1. The van der Waals surface area contributed by atoms with Crippen LogP contribution in [-0.4, -0.2) is 81.3 Å². The van der Waals surface area contributed by atoms with Crippen molar-refractivity contribution in [2.24, 2.45) is 4.99 Å². The molecule has 0 bridgehead atoms. The molecule has 1 aromatic rings. The van der Waals surface area contributed by atoms with Gasteiger partial charge in [0.1, 0.15) is 0 Å². The van der Waals surface area contributed by atoms with Gasteiger partial charge in [0.25, 0.3) is 0 Å². The van der Waals surface area contributed by atoms with Gasteiger partial charge in [-0.15, -0.1) is 0 Å². The molecule has 1 fully saturated rings. The van der Waals surface area contributed by atoms with Crippen molar-refractivity contribution in [3.05, 3.63) is 34.9 Å². The van der Waals surface area contributed by atoms with Crippen LogP contribution in [0.15, 0.2) is 29.3 Å². The summed E-state index contributed by atoms with van der Waals surface area (Å²) in [6, 6.07) is 7.63. The number of rotatable bonds is 10. The second-order valence-corrected chi connectivity index (χ2v) is 6.99. The minimum atomic E-state index is 0.106. The minimum Gasteiger partial charge on any atom is -0.382 e. The third-order valence-corrected chi connectivity index (χ3v) is 4.63. The highest BCUT2D eigenvalue weighted by molar-refractivity contribution is 6.30. The Hall–Kier alpha value is -1.83. The molecule has 0 aromatic heterocycles. The standard InChI is InChI=1S/C20H31ClN4O3/c1-3-22-20(23-9-4-12-28-14-13-27-2)25-11-10-24(19(26)16-25)15-17-5-7-18(21)8-6-17/h5-8H,3-4,9-16H2,1-2H3,(H,22,23). The Morgan fingerprint density at radius 2 is 2.00 bits per heavy atom. The van der Waals surface area contributed by atoms with Crippen LogP contribution in [0, 0.1) is 0 Å². The highest BCUT2D eigenvalue weighted by Crippen LogP contribution is 2.13. The van der Waals surface area contributed by atoms with Crippen LogP contribution in [0.1, 0.15) is 18.9 Å². The number of nitrogens with zero attached hydrogens (tertiary/aromatic N) is 3. The van der Waals surface area contributed by atoms with Gasteiger partial charge in [-0.25, -0.2) is 0 Å². The minimum absolute atomic E-state index is 0.106. The highest BCUT2D eigenvalue weighted by atomic mass is 35.5. The van der Waals surface area contributed by atoms with E-state index >= 15 is 0 Å². The number of hydrogen-bond acceptors (Lipinski definition) is 4. The SMILES string of the molecule is CCNC(=NCCCOCCOC)N1CCN(Cc2ccc(Cl)cc2)C(=O)C1. The van der Waals surface area contributed by atoms with Crippen LogP contribution in [0.2, 0.25) is 5.02 Å². The van der Waals surface area contributed by atoms with Crippen LogP contribution in [0.3, 0.4) is 0 Å². The maximum atomic E-state index is 12.6. The Labute approximate surface area is 172 Å². The van der Waals surface area contributed by atoms with Gasteiger partial charge in [-0.1, -0.05) is 23.7 Å². The lowest BCUT2D eigenvalue weighted by molar-refractivity contribution is -0.135. The Bertz CT molecular complexity index is 624. The average Bonchev–Trinajstić information content (AvgIpc) is 2.69. The lowest BCUT2D eigenvalue weighted by Gasteiger charge is -2.36. The molecule has 1 aromatic carbocycles. The molecule has 1 aliphatic heterocycles. The number of benzene rings is 1. The lowest BCUT2D eigenvalue weighted by Crippen LogP contribution is -2.55. The van der Waals surface area contributed by atoms with Crippen LogP contribution in [0.4, 0.5) is 0 Å². The maximum Gasteiger partial charge on any atom is 0.242 e. The van der Waals surface area contributed by atoms with Crippen LogP contribution in [0.5, 0.6) is 0 Å². The molecule has 28 heavy (non-hydrogen) atoms. The van der Waals surface area contributed by atoms with E-state index in [9.17, 15) is 4.79 Å². The van der Waals surface area contributed by atoms with Crippen molar-refractivity contribution in [1.82, 2.24) is 15.1 Å². The van der Waals surface area contributed by atoms with E-state index in [1.807, 2.05) is 41.0 Å². The van der Waals surface area contributed by atoms with Crippen LogP contribution >= 0.6 is 11.6 Å². The van der Waals surface area contributed by atoms with Gasteiger partial charge in [0.05, 0.1) is 19.8 Å². The van der Waals surface area contributed by atoms with Crippen molar-refractivity contribution < 1.29 is 14.3 Å². The monoisotopic (exact) mass is 410 g/mol. The molecule has 1 amide bonds. The fourth-order valence-electron chi connectivity index (χ4n) is 2.89. The van der Waals surface area contributed by atoms with E-state index in [1.54, 1.807) is 7.11 Å². The topological polar surface area (TPSA) is 66.4 Å². The van der Waals surface area contributed by atoms with Gasteiger partial charge in [0.2, 0.25) is 5.91 Å². The number of nitrogens with one attached hydrogen (secondary N) is 1. The van der Waals surface area contributed by atoms with Crippen LogP contribution in [-0.2, 0) is 20.8 Å². The van der Waals surface area contributed by atoms with Gasteiger partial charge >= 0.3 is 0 Å². The van der Waals surface area contributed by atoms with Crippen LogP contribution in [0.25, 0.3) is 0 Å². The smallest absolute Gasteiger partial charge is 0.242 e. The first-order chi connectivity index (χ1) is 13.6. The van der Waals surface area contributed by atoms with Crippen molar-refractivity contribution in [2.45, 2.75) is 19.9 Å². The molecule has 156 valence electrons. The molecule has 1 N–H and O–H groups in total. The summed E-state index contributed by atoms with van der Waals surface area (Å²) in [5.74, 6) is 0.897. The van der Waals surface area contributed by atoms with Crippen molar-refractivity contribution in [1.29, 1.82) is 0 Å². The van der Waals surface area contributed by atoms with Crippen molar-refractivity contribution in [2.75, 3.05) is 59.7 Å². The fraction of sp³-hybridized carbons (Fsp3) is 0.600. The first kappa shape index (κ1) is 22.5. The number of aliphatic imine (C=N–C) groups is 1. The molecule has 0 aliphatic carbocycles. The number of ether oxygens (including phenoxy) is 2. The zero-order chi connectivity index (χ0) is 20.2. The molecule has 8 heteroatoms.